The number of phenols is 1. The molecule has 36 heavy (non-hydrogen) atoms. The number of aromatic hydroxyl groups is 1. The van der Waals surface area contributed by atoms with E-state index in [2.05, 4.69) is 15.9 Å². The SMILES string of the molecule is CCCC1=C(C(=O)OCC)[C@H](c2cc(Cl)ccc2OC)n2c(s/c(=C/c3ccc(O)c(Br)c3)c2=O)=N1. The second-order valence-electron chi connectivity index (χ2n) is 8.01. The van der Waals surface area contributed by atoms with E-state index in [1.54, 1.807) is 49.4 Å². The number of thiazole rings is 1. The molecule has 0 amide bonds. The number of hydrogen-bond donors (Lipinski definition) is 1. The van der Waals surface area contributed by atoms with E-state index in [0.29, 0.717) is 47.8 Å². The van der Waals surface area contributed by atoms with Gasteiger partial charge in [-0.15, -0.1) is 0 Å². The zero-order valence-electron chi connectivity index (χ0n) is 19.9. The van der Waals surface area contributed by atoms with Gasteiger partial charge in [-0.3, -0.25) is 9.36 Å². The van der Waals surface area contributed by atoms with Gasteiger partial charge < -0.3 is 14.6 Å². The molecule has 2 heterocycles. The number of carbonyl (C=O) groups is 1. The average molecular weight is 592 g/mol. The number of ether oxygens (including phenoxy) is 2. The Balaban J connectivity index is 2.05. The van der Waals surface area contributed by atoms with E-state index in [1.807, 2.05) is 6.92 Å². The Kier molecular flexibility index (Phi) is 8.02. The van der Waals surface area contributed by atoms with Gasteiger partial charge in [0.1, 0.15) is 17.5 Å². The van der Waals surface area contributed by atoms with Crippen LogP contribution < -0.4 is 19.6 Å². The van der Waals surface area contributed by atoms with Crippen LogP contribution in [0.4, 0.5) is 0 Å². The van der Waals surface area contributed by atoms with Crippen LogP contribution in [0, 0.1) is 0 Å². The Morgan fingerprint density at radius 2 is 2.06 bits per heavy atom. The molecule has 1 aliphatic heterocycles. The molecule has 0 bridgehead atoms. The number of rotatable bonds is 7. The van der Waals surface area contributed by atoms with Crippen molar-refractivity contribution in [3.05, 3.63) is 88.0 Å². The molecule has 0 unspecified atom stereocenters. The molecule has 2 aromatic carbocycles. The number of phenolic OH excluding ortho intramolecular Hbond substituents is 1. The lowest BCUT2D eigenvalue weighted by atomic mass is 9.93. The van der Waals surface area contributed by atoms with Gasteiger partial charge in [0.2, 0.25) is 0 Å². The van der Waals surface area contributed by atoms with E-state index in [1.165, 1.54) is 23.0 Å². The van der Waals surface area contributed by atoms with Crippen molar-refractivity contribution in [2.24, 2.45) is 4.99 Å². The lowest BCUT2D eigenvalue weighted by Gasteiger charge is -2.27. The average Bonchev–Trinajstić information content (AvgIpc) is 3.15. The maximum Gasteiger partial charge on any atom is 0.338 e. The molecule has 0 saturated carbocycles. The fourth-order valence-corrected chi connectivity index (χ4v) is 5.70. The van der Waals surface area contributed by atoms with Crippen molar-refractivity contribution in [1.29, 1.82) is 0 Å². The van der Waals surface area contributed by atoms with Crippen LogP contribution in [0.3, 0.4) is 0 Å². The number of benzene rings is 2. The summed E-state index contributed by atoms with van der Waals surface area (Å²) in [6.07, 6.45) is 3.01. The summed E-state index contributed by atoms with van der Waals surface area (Å²) >= 11 is 10.9. The molecular formula is C26H24BrClN2O5S. The van der Waals surface area contributed by atoms with Crippen LogP contribution in [-0.4, -0.2) is 29.4 Å². The molecule has 7 nitrogen and oxygen atoms in total. The summed E-state index contributed by atoms with van der Waals surface area (Å²) < 4.78 is 13.5. The molecule has 1 atom stereocenters. The molecule has 4 rings (SSSR count). The second kappa shape index (κ2) is 11.0. The van der Waals surface area contributed by atoms with Crippen LogP contribution in [0.25, 0.3) is 6.08 Å². The van der Waals surface area contributed by atoms with E-state index in [4.69, 9.17) is 26.1 Å². The van der Waals surface area contributed by atoms with Crippen molar-refractivity contribution in [1.82, 2.24) is 4.57 Å². The minimum atomic E-state index is -0.829. The molecule has 188 valence electrons. The standard InChI is InChI=1S/C26H24BrClN2O5S/c1-4-6-18-22(25(33)35-5-2)23(16-13-15(28)8-10-20(16)34-3)30-24(32)21(36-26(30)29-18)12-14-7-9-19(31)17(27)11-14/h7-13,23,31H,4-6H2,1-3H3/b21-12+/t23-/m0/s1. The topological polar surface area (TPSA) is 90.1 Å². The third kappa shape index (κ3) is 5.00. The summed E-state index contributed by atoms with van der Waals surface area (Å²) in [7, 11) is 1.53. The Bertz CT molecular complexity index is 1540. The molecular weight excluding hydrogens is 568 g/mol. The van der Waals surface area contributed by atoms with E-state index < -0.39 is 12.0 Å². The fourth-order valence-electron chi connectivity index (χ4n) is 4.10. The maximum atomic E-state index is 13.8. The number of hydrogen-bond acceptors (Lipinski definition) is 7. The van der Waals surface area contributed by atoms with Crippen molar-refractivity contribution in [2.75, 3.05) is 13.7 Å². The van der Waals surface area contributed by atoms with Crippen molar-refractivity contribution in [3.63, 3.8) is 0 Å². The first kappa shape index (κ1) is 26.2. The highest BCUT2D eigenvalue weighted by molar-refractivity contribution is 9.10. The number of esters is 1. The van der Waals surface area contributed by atoms with Crippen LogP contribution in [0.15, 0.2) is 61.9 Å². The highest BCUT2D eigenvalue weighted by atomic mass is 79.9. The first-order valence-electron chi connectivity index (χ1n) is 11.3. The summed E-state index contributed by atoms with van der Waals surface area (Å²) in [5, 5.41) is 10.3. The lowest BCUT2D eigenvalue weighted by molar-refractivity contribution is -0.139. The van der Waals surface area contributed by atoms with Gasteiger partial charge >= 0.3 is 5.97 Å². The van der Waals surface area contributed by atoms with Gasteiger partial charge in [0, 0.05) is 10.6 Å². The Morgan fingerprint density at radius 1 is 1.28 bits per heavy atom. The van der Waals surface area contributed by atoms with Gasteiger partial charge in [-0.2, -0.15) is 0 Å². The van der Waals surface area contributed by atoms with Gasteiger partial charge in [-0.25, -0.2) is 9.79 Å². The summed E-state index contributed by atoms with van der Waals surface area (Å²) in [4.78, 5) is 32.3. The van der Waals surface area contributed by atoms with E-state index in [0.717, 1.165) is 12.0 Å². The van der Waals surface area contributed by atoms with Gasteiger partial charge in [-0.1, -0.05) is 42.3 Å². The van der Waals surface area contributed by atoms with Crippen LogP contribution in [0.2, 0.25) is 5.02 Å². The number of carbonyl (C=O) groups excluding carboxylic acids is 1. The quantitative estimate of drug-likeness (QED) is 0.402. The Hall–Kier alpha value is -2.88. The van der Waals surface area contributed by atoms with Crippen LogP contribution in [0.1, 0.15) is 43.9 Å². The minimum absolute atomic E-state index is 0.102. The largest absolute Gasteiger partial charge is 0.507 e. The second-order valence-corrected chi connectivity index (χ2v) is 10.3. The Morgan fingerprint density at radius 3 is 2.72 bits per heavy atom. The van der Waals surface area contributed by atoms with Crippen molar-refractivity contribution >= 4 is 50.9 Å². The highest BCUT2D eigenvalue weighted by Crippen LogP contribution is 2.38. The molecule has 1 aliphatic rings. The third-order valence-corrected chi connectivity index (χ3v) is 7.50. The zero-order valence-corrected chi connectivity index (χ0v) is 23.0. The molecule has 0 spiro atoms. The molecule has 3 aromatic rings. The number of fused-ring (bicyclic) bond motifs is 1. The normalized spacial score (nSPS) is 15.5. The molecule has 10 heteroatoms. The fraction of sp³-hybridized carbons (Fsp3) is 0.269. The molecule has 1 N–H and O–H groups in total. The minimum Gasteiger partial charge on any atom is -0.507 e. The number of methoxy groups -OCH3 is 1. The van der Waals surface area contributed by atoms with Crippen LogP contribution in [0.5, 0.6) is 11.5 Å². The molecule has 0 radical (unpaired) electrons. The summed E-state index contributed by atoms with van der Waals surface area (Å²) in [6.45, 7) is 3.91. The number of nitrogens with zero attached hydrogens (tertiary/aromatic N) is 2. The van der Waals surface area contributed by atoms with Crippen molar-refractivity contribution in [2.45, 2.75) is 32.7 Å². The van der Waals surface area contributed by atoms with Gasteiger partial charge in [0.05, 0.1) is 34.0 Å². The smallest absolute Gasteiger partial charge is 0.338 e. The highest BCUT2D eigenvalue weighted by Gasteiger charge is 2.36. The first-order chi connectivity index (χ1) is 17.3. The molecule has 1 aromatic heterocycles. The summed E-state index contributed by atoms with van der Waals surface area (Å²) in [5.74, 6) is 0.0550. The number of aromatic nitrogens is 1. The molecule has 0 saturated heterocycles. The van der Waals surface area contributed by atoms with E-state index in [9.17, 15) is 14.7 Å². The predicted octanol–water partition coefficient (Wildman–Crippen LogP) is 4.71. The van der Waals surface area contributed by atoms with Crippen LogP contribution in [-0.2, 0) is 9.53 Å². The first-order valence-corrected chi connectivity index (χ1v) is 13.3. The molecule has 0 aliphatic carbocycles. The Labute approximate surface area is 225 Å². The lowest BCUT2D eigenvalue weighted by Crippen LogP contribution is -2.40. The van der Waals surface area contributed by atoms with Crippen molar-refractivity contribution < 1.29 is 19.4 Å². The zero-order chi connectivity index (χ0) is 26.0. The van der Waals surface area contributed by atoms with Gasteiger partial charge in [-0.05, 0) is 71.2 Å². The number of allylic oxidation sites excluding steroid dienone is 1. The number of halogens is 2. The van der Waals surface area contributed by atoms with Gasteiger partial charge in [0.25, 0.3) is 5.56 Å². The third-order valence-electron chi connectivity index (χ3n) is 5.65. The van der Waals surface area contributed by atoms with Crippen molar-refractivity contribution in [3.8, 4) is 11.5 Å². The van der Waals surface area contributed by atoms with Crippen LogP contribution >= 0.6 is 38.9 Å². The monoisotopic (exact) mass is 590 g/mol. The molecule has 0 fully saturated rings. The summed E-state index contributed by atoms with van der Waals surface area (Å²) in [6, 6.07) is 9.25. The predicted molar refractivity (Wildman–Crippen MR) is 143 cm³/mol. The summed E-state index contributed by atoms with van der Waals surface area (Å²) in [5.41, 5.74) is 1.85. The van der Waals surface area contributed by atoms with E-state index >= 15 is 0 Å². The van der Waals surface area contributed by atoms with Gasteiger partial charge in [0.15, 0.2) is 4.80 Å². The maximum absolute atomic E-state index is 13.8. The van der Waals surface area contributed by atoms with E-state index in [-0.39, 0.29) is 17.9 Å².